The highest BCUT2D eigenvalue weighted by Gasteiger charge is 2.46. The average molecular weight is 402 g/mol. The van der Waals surface area contributed by atoms with Gasteiger partial charge in [-0.15, -0.1) is 0 Å². The van der Waals surface area contributed by atoms with Crippen LogP contribution in [-0.4, -0.2) is 22.5 Å². The highest BCUT2D eigenvalue weighted by Crippen LogP contribution is 2.52. The van der Waals surface area contributed by atoms with E-state index >= 15 is 0 Å². The summed E-state index contributed by atoms with van der Waals surface area (Å²) < 4.78 is 0. The number of hydrogen-bond donors (Lipinski definition) is 0. The summed E-state index contributed by atoms with van der Waals surface area (Å²) in [7, 11) is 0. The number of benzene rings is 1. The molecular formula is C22H21Cl2NO2. The second kappa shape index (κ2) is 6.49. The predicted octanol–water partition coefficient (Wildman–Crippen LogP) is 5.57. The molecule has 0 amide bonds. The lowest BCUT2D eigenvalue weighted by Gasteiger charge is -2.44. The molecule has 0 unspecified atom stereocenters. The number of rotatable bonds is 2. The van der Waals surface area contributed by atoms with Gasteiger partial charge in [-0.05, 0) is 56.2 Å². The van der Waals surface area contributed by atoms with E-state index in [1.54, 1.807) is 6.07 Å². The van der Waals surface area contributed by atoms with Gasteiger partial charge in [0.1, 0.15) is 0 Å². The lowest BCUT2D eigenvalue weighted by atomic mass is 9.71. The van der Waals surface area contributed by atoms with Gasteiger partial charge in [-0.1, -0.05) is 29.3 Å². The summed E-state index contributed by atoms with van der Waals surface area (Å²) in [5, 5.41) is 0.957. The lowest BCUT2D eigenvalue weighted by molar-refractivity contribution is -0.117. The molecule has 0 radical (unpaired) electrons. The van der Waals surface area contributed by atoms with Crippen molar-refractivity contribution in [3.8, 4) is 0 Å². The van der Waals surface area contributed by atoms with Crippen molar-refractivity contribution in [2.75, 3.05) is 0 Å². The molecule has 0 bridgehead atoms. The minimum Gasteiger partial charge on any atom is -0.345 e. The van der Waals surface area contributed by atoms with E-state index in [0.717, 1.165) is 55.2 Å². The van der Waals surface area contributed by atoms with Crippen LogP contribution >= 0.6 is 23.2 Å². The van der Waals surface area contributed by atoms with Crippen LogP contribution < -0.4 is 0 Å². The normalized spacial score (nSPS) is 23.7. The molecule has 3 aliphatic carbocycles. The fourth-order valence-electron chi connectivity index (χ4n) is 4.95. The van der Waals surface area contributed by atoms with Crippen molar-refractivity contribution in [2.24, 2.45) is 0 Å². The van der Waals surface area contributed by atoms with Crippen LogP contribution in [0.25, 0.3) is 0 Å². The summed E-state index contributed by atoms with van der Waals surface area (Å²) in [5.41, 5.74) is 4.91. The van der Waals surface area contributed by atoms with Crippen LogP contribution in [0, 0.1) is 0 Å². The van der Waals surface area contributed by atoms with Crippen molar-refractivity contribution < 1.29 is 9.59 Å². The van der Waals surface area contributed by atoms with E-state index in [2.05, 4.69) is 4.90 Å². The van der Waals surface area contributed by atoms with Crippen LogP contribution in [0.5, 0.6) is 0 Å². The van der Waals surface area contributed by atoms with Crippen molar-refractivity contribution in [1.82, 2.24) is 4.90 Å². The van der Waals surface area contributed by atoms with Crippen molar-refractivity contribution >= 4 is 34.8 Å². The molecule has 0 saturated heterocycles. The molecule has 1 aliphatic heterocycles. The molecule has 3 nitrogen and oxygen atoms in total. The second-order valence-electron chi connectivity index (χ2n) is 7.98. The molecule has 1 aromatic rings. The van der Waals surface area contributed by atoms with E-state index in [0.29, 0.717) is 28.9 Å². The van der Waals surface area contributed by atoms with E-state index in [1.807, 2.05) is 12.1 Å². The minimum atomic E-state index is -0.291. The van der Waals surface area contributed by atoms with Gasteiger partial charge in [-0.25, -0.2) is 0 Å². The van der Waals surface area contributed by atoms with E-state index in [-0.39, 0.29) is 17.5 Å². The van der Waals surface area contributed by atoms with E-state index in [4.69, 9.17) is 23.2 Å². The van der Waals surface area contributed by atoms with Gasteiger partial charge in [-0.3, -0.25) is 9.59 Å². The van der Waals surface area contributed by atoms with Crippen molar-refractivity contribution in [2.45, 2.75) is 63.3 Å². The fourth-order valence-corrected chi connectivity index (χ4v) is 5.26. The van der Waals surface area contributed by atoms with Crippen molar-refractivity contribution in [1.29, 1.82) is 0 Å². The first kappa shape index (κ1) is 17.5. The summed E-state index contributed by atoms with van der Waals surface area (Å²) >= 11 is 12.4. The third kappa shape index (κ3) is 2.78. The Hall–Kier alpha value is -1.58. The molecule has 1 aromatic carbocycles. The Morgan fingerprint density at radius 1 is 0.815 bits per heavy atom. The molecule has 0 aromatic heterocycles. The first-order valence-corrected chi connectivity index (χ1v) is 10.6. The van der Waals surface area contributed by atoms with Gasteiger partial charge in [-0.2, -0.15) is 0 Å². The highest BCUT2D eigenvalue weighted by molar-refractivity contribution is 6.42. The predicted molar refractivity (Wildman–Crippen MR) is 106 cm³/mol. The van der Waals surface area contributed by atoms with Crippen LogP contribution in [0.2, 0.25) is 10.0 Å². The molecule has 5 rings (SSSR count). The topological polar surface area (TPSA) is 37.4 Å². The largest absolute Gasteiger partial charge is 0.345 e. The average Bonchev–Trinajstić information content (AvgIpc) is 3.48. The Balaban J connectivity index is 1.75. The van der Waals surface area contributed by atoms with Gasteiger partial charge >= 0.3 is 0 Å². The number of carbonyl (C=O) groups is 2. The van der Waals surface area contributed by atoms with Crippen LogP contribution in [-0.2, 0) is 9.59 Å². The van der Waals surface area contributed by atoms with Crippen LogP contribution in [0.4, 0.5) is 0 Å². The summed E-state index contributed by atoms with van der Waals surface area (Å²) in [6.45, 7) is 0. The molecule has 0 atom stereocenters. The molecular weight excluding hydrogens is 381 g/mol. The van der Waals surface area contributed by atoms with E-state index < -0.39 is 0 Å². The van der Waals surface area contributed by atoms with Gasteiger partial charge in [0.05, 0.1) is 10.0 Å². The maximum absolute atomic E-state index is 13.1. The number of ketones is 2. The number of Topliss-reactive ketones (excluding diaryl/α,β-unsaturated/α-hetero) is 2. The first-order chi connectivity index (χ1) is 13.1. The Labute approximate surface area is 169 Å². The molecule has 1 fully saturated rings. The number of allylic oxidation sites excluding steroid dienone is 4. The number of halogens is 2. The van der Waals surface area contributed by atoms with Gasteiger partial charge < -0.3 is 4.90 Å². The van der Waals surface area contributed by atoms with Crippen LogP contribution in [0.15, 0.2) is 40.7 Å². The Morgan fingerprint density at radius 3 is 1.93 bits per heavy atom. The molecule has 1 heterocycles. The van der Waals surface area contributed by atoms with Crippen LogP contribution in [0.1, 0.15) is 62.8 Å². The molecule has 0 N–H and O–H groups in total. The number of hydrogen-bond acceptors (Lipinski definition) is 3. The summed E-state index contributed by atoms with van der Waals surface area (Å²) in [6.07, 6.45) is 7.04. The molecule has 4 aliphatic rings. The highest BCUT2D eigenvalue weighted by atomic mass is 35.5. The number of carbonyl (C=O) groups excluding carboxylic acids is 2. The summed E-state index contributed by atoms with van der Waals surface area (Å²) in [5.74, 6) is 0.0751. The molecule has 5 heteroatoms. The van der Waals surface area contributed by atoms with Gasteiger partial charge in [0.25, 0.3) is 0 Å². The fraction of sp³-hybridized carbons (Fsp3) is 0.455. The van der Waals surface area contributed by atoms with Crippen LogP contribution in [0.3, 0.4) is 0 Å². The maximum Gasteiger partial charge on any atom is 0.161 e. The lowest BCUT2D eigenvalue weighted by Crippen LogP contribution is -2.40. The minimum absolute atomic E-state index is 0.183. The zero-order chi connectivity index (χ0) is 18.7. The number of nitrogens with zero attached hydrogens (tertiary/aromatic N) is 1. The summed E-state index contributed by atoms with van der Waals surface area (Å²) in [4.78, 5) is 28.5. The molecule has 27 heavy (non-hydrogen) atoms. The summed E-state index contributed by atoms with van der Waals surface area (Å²) in [6, 6.07) is 5.99. The Morgan fingerprint density at radius 2 is 1.41 bits per heavy atom. The third-order valence-corrected chi connectivity index (χ3v) is 6.94. The zero-order valence-corrected chi connectivity index (χ0v) is 16.6. The Kier molecular flexibility index (Phi) is 4.21. The molecule has 140 valence electrons. The second-order valence-corrected chi connectivity index (χ2v) is 8.80. The SMILES string of the molecule is O=C1CCCC2=C1C(c1ccc(Cl)c(Cl)c1)C1=C(CCCC1=O)N2C1CC1. The van der Waals surface area contributed by atoms with E-state index in [1.165, 1.54) is 11.4 Å². The van der Waals surface area contributed by atoms with Gasteiger partial charge in [0, 0.05) is 47.3 Å². The van der Waals surface area contributed by atoms with Gasteiger partial charge in [0.2, 0.25) is 0 Å². The van der Waals surface area contributed by atoms with Crippen molar-refractivity contribution in [3.63, 3.8) is 0 Å². The third-order valence-electron chi connectivity index (χ3n) is 6.21. The van der Waals surface area contributed by atoms with Gasteiger partial charge in [0.15, 0.2) is 11.6 Å². The Bertz CT molecular complexity index is 882. The smallest absolute Gasteiger partial charge is 0.161 e. The quantitative estimate of drug-likeness (QED) is 0.649. The first-order valence-electron chi connectivity index (χ1n) is 9.83. The zero-order valence-electron chi connectivity index (χ0n) is 15.1. The van der Waals surface area contributed by atoms with E-state index in [9.17, 15) is 9.59 Å². The standard InChI is InChI=1S/C22H21Cl2NO2/c23-14-10-7-12(11-15(14)24)20-21-16(3-1-5-18(21)26)25(13-8-9-13)17-4-2-6-19(27)22(17)20/h7,10-11,13,20H,1-6,8-9H2. The van der Waals surface area contributed by atoms with Crippen molar-refractivity contribution in [3.05, 3.63) is 56.3 Å². The molecule has 1 saturated carbocycles. The monoisotopic (exact) mass is 401 g/mol. The molecule has 0 spiro atoms. The maximum atomic E-state index is 13.1.